The van der Waals surface area contributed by atoms with E-state index in [-0.39, 0.29) is 0 Å². The molecule has 0 spiro atoms. The zero-order valence-electron chi connectivity index (χ0n) is 10.1. The lowest BCUT2D eigenvalue weighted by Gasteiger charge is -2.39. The van der Waals surface area contributed by atoms with Crippen molar-refractivity contribution in [3.63, 3.8) is 0 Å². The number of rotatable bonds is 3. The maximum absolute atomic E-state index is 4.12. The molecule has 2 aromatic rings. The number of likely N-dealkylation sites (N-methyl/N-ethyl adjacent to an activating group) is 1. The van der Waals surface area contributed by atoms with Crippen molar-refractivity contribution in [2.45, 2.75) is 13.0 Å². The summed E-state index contributed by atoms with van der Waals surface area (Å²) >= 11 is 0. The van der Waals surface area contributed by atoms with E-state index in [1.54, 1.807) is 0 Å². The van der Waals surface area contributed by atoms with Gasteiger partial charge in [0.2, 0.25) is 0 Å². The summed E-state index contributed by atoms with van der Waals surface area (Å²) in [5.74, 6) is 0. The van der Waals surface area contributed by atoms with E-state index in [0.717, 1.165) is 19.6 Å². The average molecular weight is 227 g/mol. The maximum atomic E-state index is 4.12. The van der Waals surface area contributed by atoms with Crippen LogP contribution in [0.1, 0.15) is 6.92 Å². The Morgan fingerprint density at radius 2 is 2.18 bits per heavy atom. The molecule has 3 rings (SSSR count). The minimum absolute atomic E-state index is 0.606. The zero-order chi connectivity index (χ0) is 11.7. The molecule has 88 valence electrons. The molecule has 1 aliphatic heterocycles. The normalized spacial score (nSPS) is 17.0. The molecule has 0 amide bonds. The molecule has 0 aliphatic carbocycles. The monoisotopic (exact) mass is 227 g/mol. The average Bonchev–Trinajstić information content (AvgIpc) is 2.33. The molecule has 3 nitrogen and oxygen atoms in total. The van der Waals surface area contributed by atoms with E-state index in [2.05, 4.69) is 46.4 Å². The summed E-state index contributed by atoms with van der Waals surface area (Å²) < 4.78 is 0. The van der Waals surface area contributed by atoms with E-state index in [9.17, 15) is 0 Å². The van der Waals surface area contributed by atoms with E-state index in [1.807, 2.05) is 12.4 Å². The smallest absolute Gasteiger partial charge is 0.0515 e. The van der Waals surface area contributed by atoms with Gasteiger partial charge in [-0.15, -0.1) is 0 Å². The van der Waals surface area contributed by atoms with Gasteiger partial charge >= 0.3 is 0 Å². The highest BCUT2D eigenvalue weighted by molar-refractivity contribution is 5.84. The van der Waals surface area contributed by atoms with Crippen molar-refractivity contribution in [1.82, 2.24) is 9.88 Å². The Hall–Kier alpha value is -1.61. The van der Waals surface area contributed by atoms with Gasteiger partial charge in [-0.05, 0) is 30.1 Å². The lowest BCUT2D eigenvalue weighted by molar-refractivity contribution is 0.171. The molecule has 0 radical (unpaired) electrons. The van der Waals surface area contributed by atoms with Crippen LogP contribution in [0.2, 0.25) is 0 Å². The van der Waals surface area contributed by atoms with Gasteiger partial charge in [0.15, 0.2) is 0 Å². The first-order valence-corrected chi connectivity index (χ1v) is 6.18. The Labute approximate surface area is 101 Å². The zero-order valence-corrected chi connectivity index (χ0v) is 10.1. The fourth-order valence-electron chi connectivity index (χ4n) is 2.33. The SMILES string of the molecule is CCN1CC(Nc2ccc3cnccc3c2)C1. The lowest BCUT2D eigenvalue weighted by Crippen LogP contribution is -2.54. The topological polar surface area (TPSA) is 28.2 Å². The van der Waals surface area contributed by atoms with Gasteiger partial charge < -0.3 is 5.32 Å². The molecule has 1 aromatic heterocycles. The van der Waals surface area contributed by atoms with E-state index >= 15 is 0 Å². The van der Waals surface area contributed by atoms with Crippen molar-refractivity contribution in [2.75, 3.05) is 25.0 Å². The summed E-state index contributed by atoms with van der Waals surface area (Å²) in [6, 6.07) is 9.12. The molecule has 0 saturated carbocycles. The highest BCUT2D eigenvalue weighted by atomic mass is 15.2. The molecule has 0 bridgehead atoms. The molecule has 1 N–H and O–H groups in total. The van der Waals surface area contributed by atoms with Crippen LogP contribution >= 0.6 is 0 Å². The van der Waals surface area contributed by atoms with Crippen molar-refractivity contribution < 1.29 is 0 Å². The number of pyridine rings is 1. The van der Waals surface area contributed by atoms with Gasteiger partial charge in [-0.3, -0.25) is 9.88 Å². The van der Waals surface area contributed by atoms with Crippen molar-refractivity contribution in [3.05, 3.63) is 36.7 Å². The summed E-state index contributed by atoms with van der Waals surface area (Å²) in [6.07, 6.45) is 3.75. The third-order valence-electron chi connectivity index (χ3n) is 3.42. The predicted octanol–water partition coefficient (Wildman–Crippen LogP) is 2.35. The summed E-state index contributed by atoms with van der Waals surface area (Å²) in [6.45, 7) is 5.68. The molecule has 17 heavy (non-hydrogen) atoms. The van der Waals surface area contributed by atoms with Crippen molar-refractivity contribution in [1.29, 1.82) is 0 Å². The van der Waals surface area contributed by atoms with Crippen LogP contribution in [0.5, 0.6) is 0 Å². The number of fused-ring (bicyclic) bond motifs is 1. The molecular formula is C14H17N3. The number of nitrogens with one attached hydrogen (secondary N) is 1. The van der Waals surface area contributed by atoms with E-state index < -0.39 is 0 Å². The van der Waals surface area contributed by atoms with E-state index in [4.69, 9.17) is 0 Å². The summed E-state index contributed by atoms with van der Waals surface area (Å²) in [5, 5.41) is 6.02. The Morgan fingerprint density at radius 3 is 3.00 bits per heavy atom. The van der Waals surface area contributed by atoms with Gasteiger partial charge in [-0.25, -0.2) is 0 Å². The van der Waals surface area contributed by atoms with Crippen LogP contribution in [0, 0.1) is 0 Å². The standard InChI is InChI=1S/C14H17N3/c1-2-17-9-14(10-17)16-13-4-3-12-8-15-6-5-11(12)7-13/h3-8,14,16H,2,9-10H2,1H3. The number of anilines is 1. The number of aromatic nitrogens is 1. The highest BCUT2D eigenvalue weighted by Crippen LogP contribution is 2.20. The van der Waals surface area contributed by atoms with Crippen molar-refractivity contribution >= 4 is 16.5 Å². The summed E-state index contributed by atoms with van der Waals surface area (Å²) in [5.41, 5.74) is 1.21. The van der Waals surface area contributed by atoms with E-state index in [0.29, 0.717) is 6.04 Å². The first-order chi connectivity index (χ1) is 8.35. The quantitative estimate of drug-likeness (QED) is 0.872. The predicted molar refractivity (Wildman–Crippen MR) is 71.3 cm³/mol. The molecular weight excluding hydrogens is 210 g/mol. The largest absolute Gasteiger partial charge is 0.380 e. The molecule has 1 saturated heterocycles. The first-order valence-electron chi connectivity index (χ1n) is 6.18. The molecule has 1 aromatic carbocycles. The third kappa shape index (κ3) is 2.11. The van der Waals surface area contributed by atoms with Crippen LogP contribution in [-0.4, -0.2) is 35.6 Å². The third-order valence-corrected chi connectivity index (χ3v) is 3.42. The fraction of sp³-hybridized carbons (Fsp3) is 0.357. The van der Waals surface area contributed by atoms with Gasteiger partial charge in [0, 0.05) is 36.6 Å². The van der Waals surface area contributed by atoms with Crippen LogP contribution in [0.3, 0.4) is 0 Å². The Morgan fingerprint density at radius 1 is 1.29 bits per heavy atom. The van der Waals surface area contributed by atoms with E-state index in [1.165, 1.54) is 16.5 Å². The van der Waals surface area contributed by atoms with Crippen LogP contribution in [0.15, 0.2) is 36.7 Å². The molecule has 0 unspecified atom stereocenters. The van der Waals surface area contributed by atoms with Gasteiger partial charge in [-0.1, -0.05) is 13.0 Å². The minimum atomic E-state index is 0.606. The number of nitrogens with zero attached hydrogens (tertiary/aromatic N) is 2. The Bertz CT molecular complexity index is 518. The van der Waals surface area contributed by atoms with Crippen LogP contribution in [0.4, 0.5) is 5.69 Å². The summed E-state index contributed by atoms with van der Waals surface area (Å²) in [4.78, 5) is 6.56. The minimum Gasteiger partial charge on any atom is -0.380 e. The maximum Gasteiger partial charge on any atom is 0.0515 e. The molecule has 0 atom stereocenters. The molecule has 2 heterocycles. The van der Waals surface area contributed by atoms with Crippen LogP contribution in [-0.2, 0) is 0 Å². The number of likely N-dealkylation sites (tertiary alicyclic amines) is 1. The number of benzene rings is 1. The summed E-state index contributed by atoms with van der Waals surface area (Å²) in [7, 11) is 0. The van der Waals surface area contributed by atoms with Gasteiger partial charge in [0.25, 0.3) is 0 Å². The van der Waals surface area contributed by atoms with Gasteiger partial charge in [0.05, 0.1) is 6.04 Å². The first kappa shape index (κ1) is 10.5. The fourth-order valence-corrected chi connectivity index (χ4v) is 2.33. The second kappa shape index (κ2) is 4.34. The lowest BCUT2D eigenvalue weighted by atomic mass is 10.1. The van der Waals surface area contributed by atoms with Crippen LogP contribution < -0.4 is 5.32 Å². The molecule has 1 aliphatic rings. The highest BCUT2D eigenvalue weighted by Gasteiger charge is 2.24. The number of hydrogen-bond acceptors (Lipinski definition) is 3. The second-order valence-electron chi connectivity index (χ2n) is 4.63. The van der Waals surface area contributed by atoms with Gasteiger partial charge in [0.1, 0.15) is 0 Å². The Balaban J connectivity index is 1.73. The second-order valence-corrected chi connectivity index (χ2v) is 4.63. The Kier molecular flexibility index (Phi) is 2.69. The molecule has 3 heteroatoms. The number of hydrogen-bond donors (Lipinski definition) is 1. The van der Waals surface area contributed by atoms with Gasteiger partial charge in [-0.2, -0.15) is 0 Å². The van der Waals surface area contributed by atoms with Crippen molar-refractivity contribution in [3.8, 4) is 0 Å². The van der Waals surface area contributed by atoms with Crippen molar-refractivity contribution in [2.24, 2.45) is 0 Å². The molecule has 1 fully saturated rings. The van der Waals surface area contributed by atoms with Crippen LogP contribution in [0.25, 0.3) is 10.8 Å².